The summed E-state index contributed by atoms with van der Waals surface area (Å²) in [5, 5.41) is 5.44. The highest BCUT2D eigenvalue weighted by Gasteiger charge is 2.21. The number of hydrogen-bond acceptors (Lipinski definition) is 4. The van der Waals surface area contributed by atoms with E-state index in [1.807, 2.05) is 57.4 Å². The third-order valence-corrected chi connectivity index (χ3v) is 5.05. The molecule has 0 heterocycles. The van der Waals surface area contributed by atoms with E-state index in [9.17, 15) is 9.59 Å². The molecule has 162 valence electrons. The lowest BCUT2D eigenvalue weighted by atomic mass is 10.1. The Morgan fingerprint density at radius 3 is 2.23 bits per heavy atom. The summed E-state index contributed by atoms with van der Waals surface area (Å²) >= 11 is 0. The van der Waals surface area contributed by atoms with Crippen LogP contribution in [0.2, 0.25) is 0 Å². The number of para-hydroxylation sites is 1. The zero-order valence-corrected chi connectivity index (χ0v) is 18.5. The van der Waals surface area contributed by atoms with Gasteiger partial charge in [0, 0.05) is 31.9 Å². The fourth-order valence-electron chi connectivity index (χ4n) is 3.24. The van der Waals surface area contributed by atoms with Gasteiger partial charge in [-0.3, -0.25) is 9.59 Å². The van der Waals surface area contributed by atoms with Gasteiger partial charge in [-0.2, -0.15) is 0 Å². The lowest BCUT2D eigenvalue weighted by Crippen LogP contribution is -3.07. The first-order chi connectivity index (χ1) is 14.3. The summed E-state index contributed by atoms with van der Waals surface area (Å²) in [6, 6.07) is 15.9. The number of amides is 2. The molecule has 1 atom stereocenters. The highest BCUT2D eigenvalue weighted by molar-refractivity contribution is 6.35. The minimum atomic E-state index is -0.625. The minimum Gasteiger partial charge on any atom is -0.496 e. The van der Waals surface area contributed by atoms with Crippen molar-refractivity contribution < 1.29 is 19.2 Å². The molecule has 2 aromatic carbocycles. The maximum atomic E-state index is 12.2. The van der Waals surface area contributed by atoms with Crippen molar-refractivity contribution in [3.8, 4) is 5.75 Å². The standard InChI is InChI=1S/C23H32N4O3/c1-26(2)19-12-10-17(11-13-19)20(27(3)4)16-25-23(29)22(28)24-15-14-18-8-6-7-9-21(18)30-5/h6-13,20H,14-16H2,1-5H3,(H,24,28)(H,25,29)/p+1/t20-/m0/s1. The third-order valence-electron chi connectivity index (χ3n) is 5.05. The number of quaternary nitrogens is 1. The summed E-state index contributed by atoms with van der Waals surface area (Å²) < 4.78 is 5.30. The van der Waals surface area contributed by atoms with Crippen molar-refractivity contribution in [2.45, 2.75) is 12.5 Å². The number of anilines is 1. The van der Waals surface area contributed by atoms with Crippen molar-refractivity contribution in [3.05, 3.63) is 59.7 Å². The Morgan fingerprint density at radius 2 is 1.63 bits per heavy atom. The smallest absolute Gasteiger partial charge is 0.309 e. The van der Waals surface area contributed by atoms with Gasteiger partial charge in [0.05, 0.1) is 27.7 Å². The maximum absolute atomic E-state index is 12.2. The molecule has 0 aromatic heterocycles. The molecule has 2 aromatic rings. The number of nitrogens with zero attached hydrogens (tertiary/aromatic N) is 1. The largest absolute Gasteiger partial charge is 0.496 e. The van der Waals surface area contributed by atoms with Crippen LogP contribution in [0.5, 0.6) is 5.75 Å². The van der Waals surface area contributed by atoms with Crippen LogP contribution in [0.25, 0.3) is 0 Å². The molecule has 30 heavy (non-hydrogen) atoms. The molecule has 7 heteroatoms. The molecule has 2 rings (SSSR count). The van der Waals surface area contributed by atoms with Crippen LogP contribution < -0.4 is 25.2 Å². The van der Waals surface area contributed by atoms with Crippen molar-refractivity contribution in [1.82, 2.24) is 10.6 Å². The fourth-order valence-corrected chi connectivity index (χ4v) is 3.24. The van der Waals surface area contributed by atoms with Gasteiger partial charge in [0.15, 0.2) is 0 Å². The molecule has 0 spiro atoms. The van der Waals surface area contributed by atoms with E-state index >= 15 is 0 Å². The summed E-state index contributed by atoms with van der Waals surface area (Å²) in [6.45, 7) is 0.739. The molecule has 0 aliphatic carbocycles. The Bertz CT molecular complexity index is 835. The summed E-state index contributed by atoms with van der Waals surface area (Å²) in [4.78, 5) is 27.6. The zero-order valence-electron chi connectivity index (χ0n) is 18.5. The lowest BCUT2D eigenvalue weighted by molar-refractivity contribution is -0.890. The number of hydrogen-bond donors (Lipinski definition) is 3. The second kappa shape index (κ2) is 11.2. The molecule has 7 nitrogen and oxygen atoms in total. The van der Waals surface area contributed by atoms with Crippen molar-refractivity contribution >= 4 is 17.5 Å². The number of benzene rings is 2. The van der Waals surface area contributed by atoms with Gasteiger partial charge in [-0.1, -0.05) is 30.3 Å². The molecular formula is C23H33N4O3+. The van der Waals surface area contributed by atoms with Crippen LogP contribution in [0.3, 0.4) is 0 Å². The van der Waals surface area contributed by atoms with Crippen LogP contribution in [0.15, 0.2) is 48.5 Å². The van der Waals surface area contributed by atoms with E-state index in [-0.39, 0.29) is 6.04 Å². The zero-order chi connectivity index (χ0) is 22.1. The first kappa shape index (κ1) is 23.2. The summed E-state index contributed by atoms with van der Waals surface area (Å²) in [5.41, 5.74) is 3.21. The summed E-state index contributed by atoms with van der Waals surface area (Å²) in [7, 11) is 9.67. The molecule has 0 bridgehead atoms. The predicted octanol–water partition coefficient (Wildman–Crippen LogP) is 0.422. The number of likely N-dealkylation sites (N-methyl/N-ethyl adjacent to an activating group) is 1. The van der Waals surface area contributed by atoms with Crippen LogP contribution in [0.1, 0.15) is 17.2 Å². The molecule has 0 aliphatic rings. The van der Waals surface area contributed by atoms with Crippen LogP contribution in [-0.2, 0) is 16.0 Å². The van der Waals surface area contributed by atoms with E-state index in [0.29, 0.717) is 19.5 Å². The molecule has 0 unspecified atom stereocenters. The van der Waals surface area contributed by atoms with Gasteiger partial charge in [-0.05, 0) is 30.2 Å². The molecule has 0 aliphatic heterocycles. The molecular weight excluding hydrogens is 380 g/mol. The number of methoxy groups -OCH3 is 1. The monoisotopic (exact) mass is 413 g/mol. The van der Waals surface area contributed by atoms with Crippen molar-refractivity contribution in [2.75, 3.05) is 53.3 Å². The first-order valence-corrected chi connectivity index (χ1v) is 10.1. The fraction of sp³-hybridized carbons (Fsp3) is 0.391. The molecule has 3 N–H and O–H groups in total. The average Bonchev–Trinajstić information content (AvgIpc) is 2.74. The number of carbonyl (C=O) groups is 2. The molecule has 0 saturated heterocycles. The van der Waals surface area contributed by atoms with Crippen molar-refractivity contribution in [3.63, 3.8) is 0 Å². The number of rotatable bonds is 9. The lowest BCUT2D eigenvalue weighted by Gasteiger charge is -2.23. The Hall–Kier alpha value is -3.06. The normalized spacial score (nSPS) is 11.7. The molecule has 2 amide bonds. The Balaban J connectivity index is 1.86. The Labute approximate surface area is 179 Å². The number of carbonyl (C=O) groups excluding carboxylic acids is 2. The van der Waals surface area contributed by atoms with E-state index in [1.54, 1.807) is 7.11 Å². The second-order valence-electron chi connectivity index (χ2n) is 7.64. The second-order valence-corrected chi connectivity index (χ2v) is 7.64. The maximum Gasteiger partial charge on any atom is 0.309 e. The van der Waals surface area contributed by atoms with Gasteiger partial charge in [0.25, 0.3) is 0 Å². The quantitative estimate of drug-likeness (QED) is 0.521. The van der Waals surface area contributed by atoms with Gasteiger partial charge in [0.1, 0.15) is 11.8 Å². The van der Waals surface area contributed by atoms with Crippen molar-refractivity contribution in [1.29, 1.82) is 0 Å². The summed E-state index contributed by atoms with van der Waals surface area (Å²) in [6.07, 6.45) is 0.589. The highest BCUT2D eigenvalue weighted by Crippen LogP contribution is 2.17. The van der Waals surface area contributed by atoms with E-state index < -0.39 is 11.8 Å². The van der Waals surface area contributed by atoms with Gasteiger partial charge < -0.3 is 25.2 Å². The predicted molar refractivity (Wildman–Crippen MR) is 119 cm³/mol. The minimum absolute atomic E-state index is 0.0477. The van der Waals surface area contributed by atoms with E-state index in [0.717, 1.165) is 22.6 Å². The molecule has 0 fully saturated rings. The number of ether oxygens (including phenoxy) is 1. The van der Waals surface area contributed by atoms with Crippen LogP contribution >= 0.6 is 0 Å². The first-order valence-electron chi connectivity index (χ1n) is 10.1. The SMILES string of the molecule is COc1ccccc1CCNC(=O)C(=O)NC[C@@H](c1ccc(N(C)C)cc1)[NH+](C)C. The van der Waals surface area contributed by atoms with Gasteiger partial charge in [0.2, 0.25) is 0 Å². The summed E-state index contributed by atoms with van der Waals surface area (Å²) in [5.74, 6) is -0.472. The van der Waals surface area contributed by atoms with Gasteiger partial charge >= 0.3 is 11.8 Å². The third kappa shape index (κ3) is 6.49. The van der Waals surface area contributed by atoms with Crippen molar-refractivity contribution in [2.24, 2.45) is 0 Å². The van der Waals surface area contributed by atoms with E-state index in [2.05, 4.69) is 34.9 Å². The number of nitrogens with one attached hydrogen (secondary N) is 3. The Morgan fingerprint density at radius 1 is 1.00 bits per heavy atom. The molecule has 0 radical (unpaired) electrons. The molecule has 0 saturated carbocycles. The van der Waals surface area contributed by atoms with Crippen LogP contribution in [0, 0.1) is 0 Å². The van der Waals surface area contributed by atoms with E-state index in [4.69, 9.17) is 4.74 Å². The van der Waals surface area contributed by atoms with Crippen LogP contribution in [-0.4, -0.2) is 60.2 Å². The van der Waals surface area contributed by atoms with Crippen LogP contribution in [0.4, 0.5) is 5.69 Å². The highest BCUT2D eigenvalue weighted by atomic mass is 16.5. The average molecular weight is 414 g/mol. The topological polar surface area (TPSA) is 75.1 Å². The Kier molecular flexibility index (Phi) is 8.68. The van der Waals surface area contributed by atoms with Gasteiger partial charge in [-0.15, -0.1) is 0 Å². The van der Waals surface area contributed by atoms with E-state index in [1.165, 1.54) is 4.90 Å². The van der Waals surface area contributed by atoms with Gasteiger partial charge in [-0.25, -0.2) is 0 Å².